The third-order valence-electron chi connectivity index (χ3n) is 5.33. The molecule has 0 heterocycles. The summed E-state index contributed by atoms with van der Waals surface area (Å²) >= 11 is 5.89. The Kier molecular flexibility index (Phi) is 24.1. The van der Waals surface area contributed by atoms with Crippen LogP contribution in [-0.2, 0) is 13.6 Å². The molecule has 0 aliphatic heterocycles. The van der Waals surface area contributed by atoms with E-state index in [1.807, 2.05) is 6.08 Å². The first-order valence-corrected chi connectivity index (χ1v) is 14.1. The molecule has 3 unspecified atom stereocenters. The topological polar surface area (TPSA) is 55.8 Å². The Bertz CT molecular complexity index is 396. The zero-order valence-corrected chi connectivity index (χ0v) is 22.1. The lowest BCUT2D eigenvalue weighted by atomic mass is 10.0. The van der Waals surface area contributed by atoms with Gasteiger partial charge in [0.2, 0.25) is 0 Å². The summed E-state index contributed by atoms with van der Waals surface area (Å²) in [4.78, 5) is 9.77. The molecule has 1 N–H and O–H groups in total. The predicted octanol–water partition coefficient (Wildman–Crippen LogP) is 8.91. The smallest absolute Gasteiger partial charge is 0.302 e. The quantitative estimate of drug-likeness (QED) is 0.117. The highest BCUT2D eigenvalue weighted by Gasteiger charge is 2.24. The summed E-state index contributed by atoms with van der Waals surface area (Å²) in [5.41, 5.74) is 0. The van der Waals surface area contributed by atoms with Crippen LogP contribution in [0.5, 0.6) is 0 Å². The molecule has 4 nitrogen and oxygen atoms in total. The number of hydrogen-bond acceptors (Lipinski definition) is 3. The van der Waals surface area contributed by atoms with Crippen LogP contribution in [0, 0.1) is 11.8 Å². The number of allylic oxidation sites excluding steroid dienone is 1. The monoisotopic (exact) mass is 468 g/mol. The summed E-state index contributed by atoms with van der Waals surface area (Å²) in [5.74, 6) is 0.687. The fraction of sp³-hybridized carbons (Fsp3) is 0.917. The molecule has 0 rings (SSSR count). The van der Waals surface area contributed by atoms with E-state index in [-0.39, 0.29) is 0 Å². The molecule has 0 saturated carbocycles. The van der Waals surface area contributed by atoms with Crippen molar-refractivity contribution in [2.45, 2.75) is 117 Å². The van der Waals surface area contributed by atoms with Crippen molar-refractivity contribution in [1.82, 2.24) is 0 Å². The van der Waals surface area contributed by atoms with Crippen molar-refractivity contribution in [3.05, 3.63) is 12.7 Å². The predicted molar refractivity (Wildman–Crippen MR) is 132 cm³/mol. The van der Waals surface area contributed by atoms with Crippen molar-refractivity contribution in [2.24, 2.45) is 11.8 Å². The highest BCUT2D eigenvalue weighted by molar-refractivity contribution is 7.47. The summed E-state index contributed by atoms with van der Waals surface area (Å²) in [7, 11) is -3.89. The number of rotatable bonds is 19. The lowest BCUT2D eigenvalue weighted by molar-refractivity contribution is 0.110. The van der Waals surface area contributed by atoms with Gasteiger partial charge in [-0.05, 0) is 37.5 Å². The number of halogens is 1. The van der Waals surface area contributed by atoms with Gasteiger partial charge in [0.05, 0.1) is 13.2 Å². The molecule has 0 amide bonds. The zero-order valence-electron chi connectivity index (χ0n) is 20.4. The van der Waals surface area contributed by atoms with Gasteiger partial charge in [0.1, 0.15) is 0 Å². The number of hydrogen-bond donors (Lipinski definition) is 1. The molecule has 6 heteroatoms. The van der Waals surface area contributed by atoms with Crippen LogP contribution in [0.4, 0.5) is 0 Å². The fourth-order valence-corrected chi connectivity index (χ4v) is 4.11. The van der Waals surface area contributed by atoms with Crippen molar-refractivity contribution in [2.75, 3.05) is 13.2 Å². The van der Waals surface area contributed by atoms with Crippen LogP contribution in [0.15, 0.2) is 12.7 Å². The van der Waals surface area contributed by atoms with Gasteiger partial charge in [-0.25, -0.2) is 4.57 Å². The Hall–Kier alpha value is 0.140. The molecule has 0 aromatic rings. The largest absolute Gasteiger partial charge is 0.472 e. The van der Waals surface area contributed by atoms with Gasteiger partial charge in [0.25, 0.3) is 0 Å². The maximum Gasteiger partial charge on any atom is 0.472 e. The van der Waals surface area contributed by atoms with Crippen molar-refractivity contribution in [3.63, 3.8) is 0 Å². The van der Waals surface area contributed by atoms with Crippen LogP contribution >= 0.6 is 19.4 Å². The molecule has 0 aromatic heterocycles. The molecule has 0 fully saturated rings. The summed E-state index contributed by atoms with van der Waals surface area (Å²) < 4.78 is 22.2. The maximum atomic E-state index is 11.9. The van der Waals surface area contributed by atoms with Crippen LogP contribution in [0.2, 0.25) is 0 Å². The van der Waals surface area contributed by atoms with Gasteiger partial charge in [0.15, 0.2) is 0 Å². The van der Waals surface area contributed by atoms with E-state index < -0.39 is 7.82 Å². The van der Waals surface area contributed by atoms with E-state index in [0.29, 0.717) is 30.4 Å². The van der Waals surface area contributed by atoms with E-state index in [2.05, 4.69) is 41.2 Å². The number of phosphoric acid groups is 1. The third-order valence-corrected chi connectivity index (χ3v) is 6.67. The first kappa shape index (κ1) is 32.3. The van der Waals surface area contributed by atoms with Crippen LogP contribution in [0.25, 0.3) is 0 Å². The third kappa shape index (κ3) is 21.4. The second kappa shape index (κ2) is 22.3. The molecule has 0 radical (unpaired) electrons. The first-order valence-electron chi connectivity index (χ1n) is 12.2. The second-order valence-corrected chi connectivity index (χ2v) is 10.2. The highest BCUT2D eigenvalue weighted by atomic mass is 35.5. The van der Waals surface area contributed by atoms with Gasteiger partial charge in [0, 0.05) is 5.38 Å². The fourth-order valence-electron chi connectivity index (χ4n) is 2.96. The average Bonchev–Trinajstić information content (AvgIpc) is 2.73. The highest BCUT2D eigenvalue weighted by Crippen LogP contribution is 2.44. The summed E-state index contributed by atoms with van der Waals surface area (Å²) in [6.45, 7) is 14.9. The maximum absolute atomic E-state index is 11.9. The molecule has 0 spiro atoms. The van der Waals surface area contributed by atoms with Crippen LogP contribution in [0.1, 0.15) is 112 Å². The number of unbranched alkanes of at least 4 members (excludes halogenated alkanes) is 3. The molecule has 182 valence electrons. The molecule has 0 aliphatic carbocycles. The van der Waals surface area contributed by atoms with E-state index in [1.54, 1.807) is 0 Å². The van der Waals surface area contributed by atoms with Crippen molar-refractivity contribution in [1.29, 1.82) is 0 Å². The van der Waals surface area contributed by atoms with Crippen LogP contribution < -0.4 is 0 Å². The SMILES string of the molecule is C=CCC(Cl)CCCC.CCCCC(CC)COP(=O)(O)OCC(CC)CCCC. The number of alkyl halides is 1. The Morgan fingerprint density at radius 2 is 1.27 bits per heavy atom. The van der Waals surface area contributed by atoms with Crippen LogP contribution in [-0.4, -0.2) is 23.5 Å². The van der Waals surface area contributed by atoms with Gasteiger partial charge in [-0.15, -0.1) is 18.2 Å². The van der Waals surface area contributed by atoms with Gasteiger partial charge in [-0.1, -0.05) is 92.1 Å². The van der Waals surface area contributed by atoms with E-state index >= 15 is 0 Å². The summed E-state index contributed by atoms with van der Waals surface area (Å²) in [6, 6.07) is 0. The molecule has 0 aliphatic rings. The summed E-state index contributed by atoms with van der Waals surface area (Å²) in [5, 5.41) is 0.322. The van der Waals surface area contributed by atoms with Gasteiger partial charge >= 0.3 is 7.82 Å². The Balaban J connectivity index is 0. The molecule has 0 saturated heterocycles. The number of phosphoric ester groups is 1. The molecular formula is C24H50ClO4P. The van der Waals surface area contributed by atoms with Gasteiger partial charge < -0.3 is 4.89 Å². The molecular weight excluding hydrogens is 419 g/mol. The molecule has 0 bridgehead atoms. The lowest BCUT2D eigenvalue weighted by Gasteiger charge is -2.20. The average molecular weight is 469 g/mol. The molecule has 3 atom stereocenters. The van der Waals surface area contributed by atoms with Gasteiger partial charge in [-0.3, -0.25) is 9.05 Å². The van der Waals surface area contributed by atoms with E-state index in [4.69, 9.17) is 20.6 Å². The minimum absolute atomic E-state index is 0.316. The van der Waals surface area contributed by atoms with E-state index in [1.165, 1.54) is 12.8 Å². The van der Waals surface area contributed by atoms with E-state index in [9.17, 15) is 9.46 Å². The van der Waals surface area contributed by atoms with Crippen molar-refractivity contribution < 1.29 is 18.5 Å². The molecule has 30 heavy (non-hydrogen) atoms. The van der Waals surface area contributed by atoms with Crippen molar-refractivity contribution >= 4 is 19.4 Å². The minimum atomic E-state index is -3.89. The first-order chi connectivity index (χ1) is 14.3. The second-order valence-electron chi connectivity index (χ2n) is 8.16. The van der Waals surface area contributed by atoms with Crippen LogP contribution in [0.3, 0.4) is 0 Å². The normalized spacial score (nSPS) is 16.1. The zero-order chi connectivity index (χ0) is 23.3. The Morgan fingerprint density at radius 1 is 0.867 bits per heavy atom. The van der Waals surface area contributed by atoms with Gasteiger partial charge in [-0.2, -0.15) is 0 Å². The Morgan fingerprint density at radius 3 is 1.60 bits per heavy atom. The minimum Gasteiger partial charge on any atom is -0.302 e. The van der Waals surface area contributed by atoms with Crippen molar-refractivity contribution in [3.8, 4) is 0 Å². The standard InChI is InChI=1S/C16H35O4P.C8H15Cl/c1-5-9-11-15(7-3)13-19-21(17,18)20-14-16(8-4)12-10-6-2;1-3-5-7-8(9)6-4-2/h15-16H,5-14H2,1-4H3,(H,17,18);4,8H,2-3,5-7H2,1H3. The molecule has 0 aromatic carbocycles. The Labute approximate surface area is 192 Å². The van der Waals surface area contributed by atoms with E-state index in [0.717, 1.165) is 64.2 Å². The lowest BCUT2D eigenvalue weighted by Crippen LogP contribution is -2.12. The summed E-state index contributed by atoms with van der Waals surface area (Å²) in [6.07, 6.45) is 15.0.